The van der Waals surface area contributed by atoms with Crippen molar-refractivity contribution in [3.8, 4) is 0 Å². The van der Waals surface area contributed by atoms with Crippen molar-refractivity contribution in [1.82, 2.24) is 0 Å². The van der Waals surface area contributed by atoms with E-state index >= 15 is 0 Å². The maximum atomic E-state index is 13.2. The van der Waals surface area contributed by atoms with Crippen LogP contribution in [0.5, 0.6) is 0 Å². The summed E-state index contributed by atoms with van der Waals surface area (Å²) in [5, 5.41) is 16.9. The van der Waals surface area contributed by atoms with Crippen LogP contribution in [0.1, 0.15) is 26.7 Å². The van der Waals surface area contributed by atoms with Gasteiger partial charge in [0.2, 0.25) is 0 Å². The molecule has 1 unspecified atom stereocenters. The molecule has 0 fully saturated rings. The third-order valence-corrected chi connectivity index (χ3v) is 9.00. The molecule has 2 heteroatoms. The molecule has 0 aliphatic rings. The van der Waals surface area contributed by atoms with Gasteiger partial charge in [-0.05, 0) is 48.7 Å². The maximum Gasteiger partial charge on any atom is 0.136 e. The van der Waals surface area contributed by atoms with Crippen molar-refractivity contribution in [3.63, 3.8) is 0 Å². The molecule has 0 aliphatic heterocycles. The van der Waals surface area contributed by atoms with Crippen LogP contribution < -0.4 is 21.0 Å². The van der Waals surface area contributed by atoms with E-state index in [1.807, 2.05) is 18.2 Å². The van der Waals surface area contributed by atoms with Gasteiger partial charge in [0.15, 0.2) is 0 Å². The molecule has 0 aromatic heterocycles. The van der Waals surface area contributed by atoms with Gasteiger partial charge in [-0.1, -0.05) is 80.6 Å². The predicted molar refractivity (Wildman–Crippen MR) is 117 cm³/mol. The molecule has 0 heterocycles. The molecule has 3 rings (SSSR count). The Bertz CT molecular complexity index is 760. The quantitative estimate of drug-likeness (QED) is 0.437. The zero-order chi connectivity index (χ0) is 19.1. The van der Waals surface area contributed by atoms with Crippen molar-refractivity contribution in [1.29, 1.82) is 0 Å². The van der Waals surface area contributed by atoms with E-state index < -0.39 is 7.26 Å². The monoisotopic (exact) mass is 374 g/mol. The highest BCUT2D eigenvalue weighted by molar-refractivity contribution is 7.98. The lowest BCUT2D eigenvalue weighted by Gasteiger charge is -2.28. The van der Waals surface area contributed by atoms with Crippen LogP contribution in [0.4, 0.5) is 0 Å². The van der Waals surface area contributed by atoms with E-state index in [-0.39, 0.29) is 11.7 Å². The average Bonchev–Trinajstić information content (AvgIpc) is 2.74. The van der Waals surface area contributed by atoms with Crippen molar-refractivity contribution >= 4 is 23.2 Å². The largest absolute Gasteiger partial charge is 0.873 e. The predicted octanol–water partition coefficient (Wildman–Crippen LogP) is 4.62. The number of hydrogen-bond donors (Lipinski definition) is 0. The van der Waals surface area contributed by atoms with E-state index in [4.69, 9.17) is 0 Å². The van der Waals surface area contributed by atoms with Gasteiger partial charge in [0.1, 0.15) is 23.2 Å². The molecule has 0 N–H and O–H groups in total. The smallest absolute Gasteiger partial charge is 0.136 e. The second-order valence-corrected chi connectivity index (χ2v) is 10.2. The highest BCUT2D eigenvalue weighted by Crippen LogP contribution is 2.57. The summed E-state index contributed by atoms with van der Waals surface area (Å²) in [4.78, 5) is 0. The Hall–Kier alpha value is -2.37. The summed E-state index contributed by atoms with van der Waals surface area (Å²) in [5.41, 5.74) is 0. The van der Waals surface area contributed by atoms with Gasteiger partial charge in [-0.3, -0.25) is 0 Å². The molecule has 0 saturated carbocycles. The maximum absolute atomic E-state index is 13.2. The Balaban J connectivity index is 2.31. The van der Waals surface area contributed by atoms with Crippen molar-refractivity contribution in [2.45, 2.75) is 26.7 Å². The fourth-order valence-electron chi connectivity index (χ4n) is 3.55. The van der Waals surface area contributed by atoms with E-state index in [9.17, 15) is 5.11 Å². The highest BCUT2D eigenvalue weighted by atomic mass is 31.2. The van der Waals surface area contributed by atoms with Crippen molar-refractivity contribution < 1.29 is 5.11 Å². The van der Waals surface area contributed by atoms with Gasteiger partial charge < -0.3 is 5.11 Å². The van der Waals surface area contributed by atoms with Gasteiger partial charge in [-0.2, -0.15) is 0 Å². The molecule has 0 spiro atoms. The third-order valence-electron chi connectivity index (χ3n) is 5.02. The number of hydrogen-bond acceptors (Lipinski definition) is 1. The molecule has 0 amide bonds. The molecular formula is C25H27OP. The van der Waals surface area contributed by atoms with Gasteiger partial charge in [-0.25, -0.2) is 0 Å². The zero-order valence-corrected chi connectivity index (χ0v) is 17.0. The molecule has 3 aromatic carbocycles. The summed E-state index contributed by atoms with van der Waals surface area (Å²) in [7, 11) is -2.16. The third kappa shape index (κ3) is 4.15. The van der Waals surface area contributed by atoms with E-state index in [1.165, 1.54) is 15.9 Å². The molecule has 3 aromatic rings. The minimum atomic E-state index is -2.16. The lowest BCUT2D eigenvalue weighted by atomic mass is 10.1. The SMILES string of the molecule is CCCC(C)/C([O-])=C/[P+](c1ccccc1)(c1ccccc1)c1ccccc1. The van der Waals surface area contributed by atoms with Gasteiger partial charge >= 0.3 is 0 Å². The molecule has 0 saturated heterocycles. The van der Waals surface area contributed by atoms with Gasteiger partial charge in [-0.15, -0.1) is 0 Å². The van der Waals surface area contributed by atoms with Crippen LogP contribution >= 0.6 is 7.26 Å². The molecule has 0 radical (unpaired) electrons. The topological polar surface area (TPSA) is 23.1 Å². The van der Waals surface area contributed by atoms with Gasteiger partial charge in [0, 0.05) is 0 Å². The van der Waals surface area contributed by atoms with E-state index in [1.54, 1.807) is 0 Å². The van der Waals surface area contributed by atoms with E-state index in [0.29, 0.717) is 0 Å². The van der Waals surface area contributed by atoms with Crippen LogP contribution in [0.15, 0.2) is 103 Å². The molecular weight excluding hydrogens is 347 g/mol. The summed E-state index contributed by atoms with van der Waals surface area (Å²) in [6, 6.07) is 31.6. The number of rotatable bonds is 7. The Morgan fingerprint density at radius 2 is 1.15 bits per heavy atom. The fraction of sp³-hybridized carbons (Fsp3) is 0.200. The van der Waals surface area contributed by atoms with Crippen LogP contribution in [-0.4, -0.2) is 0 Å². The molecule has 0 aliphatic carbocycles. The molecule has 27 heavy (non-hydrogen) atoms. The normalized spacial score (nSPS) is 13.3. The summed E-state index contributed by atoms with van der Waals surface area (Å²) in [5.74, 6) is 2.36. The minimum Gasteiger partial charge on any atom is -0.873 e. The van der Waals surface area contributed by atoms with Crippen LogP contribution in [0.2, 0.25) is 0 Å². The molecule has 138 valence electrons. The number of benzene rings is 3. The first kappa shape index (κ1) is 19.4. The Kier molecular flexibility index (Phi) is 6.48. The van der Waals surface area contributed by atoms with Crippen LogP contribution in [0, 0.1) is 5.92 Å². The second kappa shape index (κ2) is 9.02. The number of allylic oxidation sites excluding steroid dienone is 1. The minimum absolute atomic E-state index is 0.0468. The first-order valence-electron chi connectivity index (χ1n) is 9.64. The first-order chi connectivity index (χ1) is 13.2. The summed E-state index contributed by atoms with van der Waals surface area (Å²) in [6.07, 6.45) is 1.95. The summed E-state index contributed by atoms with van der Waals surface area (Å²) < 4.78 is 0. The van der Waals surface area contributed by atoms with Crippen molar-refractivity contribution in [2.75, 3.05) is 0 Å². The highest BCUT2D eigenvalue weighted by Gasteiger charge is 2.43. The van der Waals surface area contributed by atoms with E-state index in [2.05, 4.69) is 92.5 Å². The van der Waals surface area contributed by atoms with Crippen LogP contribution in [-0.2, 0) is 0 Å². The molecule has 1 nitrogen and oxygen atoms in total. The van der Waals surface area contributed by atoms with Crippen LogP contribution in [0.3, 0.4) is 0 Å². The summed E-state index contributed by atoms with van der Waals surface area (Å²) >= 11 is 0. The second-order valence-electron chi connectivity index (χ2n) is 6.95. The van der Waals surface area contributed by atoms with Crippen molar-refractivity contribution in [2.24, 2.45) is 5.92 Å². The molecule has 1 atom stereocenters. The fourth-order valence-corrected chi connectivity index (χ4v) is 7.46. The summed E-state index contributed by atoms with van der Waals surface area (Å²) in [6.45, 7) is 4.19. The van der Waals surface area contributed by atoms with Gasteiger partial charge in [0.05, 0.1) is 5.82 Å². The standard InChI is InChI=1S/C25H27OP/c1-3-13-21(2)25(26)20-27(22-14-7-4-8-15-22,23-16-9-5-10-17-23)24-18-11-6-12-19-24/h4-12,14-21H,3,13H2,1-2H3/b25-20-. The Labute approximate surface area is 163 Å². The average molecular weight is 374 g/mol. The lowest BCUT2D eigenvalue weighted by molar-refractivity contribution is -0.314. The Morgan fingerprint density at radius 3 is 1.48 bits per heavy atom. The lowest BCUT2D eigenvalue weighted by Crippen LogP contribution is -2.31. The molecule has 0 bridgehead atoms. The van der Waals surface area contributed by atoms with Gasteiger partial charge in [0.25, 0.3) is 0 Å². The Morgan fingerprint density at radius 1 is 0.778 bits per heavy atom. The van der Waals surface area contributed by atoms with E-state index in [0.717, 1.165) is 12.8 Å². The van der Waals surface area contributed by atoms with Crippen molar-refractivity contribution in [3.05, 3.63) is 103 Å². The zero-order valence-electron chi connectivity index (χ0n) is 16.1. The first-order valence-corrected chi connectivity index (χ1v) is 11.5. The van der Waals surface area contributed by atoms with Crippen LogP contribution in [0.25, 0.3) is 0 Å².